The molecule has 5 aromatic rings. The zero-order valence-corrected chi connectivity index (χ0v) is 23.3. The van der Waals surface area contributed by atoms with E-state index in [1.165, 1.54) is 6.20 Å². The van der Waals surface area contributed by atoms with Crippen molar-refractivity contribution in [2.24, 2.45) is 7.05 Å². The van der Waals surface area contributed by atoms with E-state index in [4.69, 9.17) is 9.15 Å². The maximum atomic E-state index is 13.1. The molecule has 11 heteroatoms. The summed E-state index contributed by atoms with van der Waals surface area (Å²) in [6, 6.07) is 17.4. The topological polar surface area (TPSA) is 140 Å². The van der Waals surface area contributed by atoms with E-state index in [2.05, 4.69) is 26.7 Å². The van der Waals surface area contributed by atoms with Crippen molar-refractivity contribution in [1.82, 2.24) is 19.1 Å². The third-order valence-corrected chi connectivity index (χ3v) is 7.43. The molecular formula is C31H29N7O4. The van der Waals surface area contributed by atoms with Crippen molar-refractivity contribution in [2.45, 2.75) is 38.6 Å². The van der Waals surface area contributed by atoms with Crippen LogP contribution >= 0.6 is 0 Å². The van der Waals surface area contributed by atoms with Crippen molar-refractivity contribution in [1.29, 1.82) is 5.26 Å². The fraction of sp³-hybridized carbons (Fsp3) is 0.258. The van der Waals surface area contributed by atoms with Crippen LogP contribution < -0.4 is 16.3 Å². The van der Waals surface area contributed by atoms with Crippen molar-refractivity contribution in [2.75, 3.05) is 17.2 Å². The zero-order valence-electron chi connectivity index (χ0n) is 23.3. The van der Waals surface area contributed by atoms with Gasteiger partial charge in [0.25, 0.3) is 6.01 Å². The highest BCUT2D eigenvalue weighted by molar-refractivity contribution is 5.86. The van der Waals surface area contributed by atoms with Gasteiger partial charge in [-0.3, -0.25) is 9.13 Å². The first-order chi connectivity index (χ1) is 20.4. The van der Waals surface area contributed by atoms with Crippen molar-refractivity contribution in [3.8, 4) is 17.2 Å². The van der Waals surface area contributed by atoms with E-state index in [0.717, 1.165) is 47.8 Å². The van der Waals surface area contributed by atoms with E-state index >= 15 is 0 Å². The molecule has 3 heterocycles. The van der Waals surface area contributed by atoms with E-state index in [-0.39, 0.29) is 30.1 Å². The number of carbonyl (C=O) groups is 1. The molecule has 1 aliphatic rings. The number of anilines is 4. The number of nitrogens with zero attached hydrogens (tertiary/aromatic N) is 5. The predicted molar refractivity (Wildman–Crippen MR) is 158 cm³/mol. The Labute approximate surface area is 241 Å². The summed E-state index contributed by atoms with van der Waals surface area (Å²) in [5, 5.41) is 15.9. The van der Waals surface area contributed by atoms with Gasteiger partial charge in [-0.2, -0.15) is 5.26 Å². The largest absolute Gasteiger partial charge is 0.460 e. The SMILES string of the molecule is CCOC(=O)c1cnc(Nc2cc(Nc3cc4c(cn3)n(C)c(=O)n4C3CCCC3)cc(-c3cccc(C#N)c3)c2)o1. The molecule has 6 rings (SSSR count). The quantitative estimate of drug-likeness (QED) is 0.216. The van der Waals surface area contributed by atoms with E-state index in [1.54, 1.807) is 30.8 Å². The first-order valence-electron chi connectivity index (χ1n) is 13.8. The van der Waals surface area contributed by atoms with Crippen LogP contribution in [-0.2, 0) is 11.8 Å². The van der Waals surface area contributed by atoms with Gasteiger partial charge < -0.3 is 19.8 Å². The number of pyridine rings is 1. The molecule has 42 heavy (non-hydrogen) atoms. The molecule has 3 aromatic heterocycles. The fourth-order valence-corrected chi connectivity index (χ4v) is 5.45. The molecule has 1 aliphatic carbocycles. The molecule has 1 fully saturated rings. The highest BCUT2D eigenvalue weighted by Gasteiger charge is 2.23. The van der Waals surface area contributed by atoms with Crippen molar-refractivity contribution in [3.63, 3.8) is 0 Å². The van der Waals surface area contributed by atoms with Gasteiger partial charge in [-0.1, -0.05) is 25.0 Å². The lowest BCUT2D eigenvalue weighted by Gasteiger charge is -2.14. The number of ether oxygens (including phenoxy) is 1. The van der Waals surface area contributed by atoms with Gasteiger partial charge in [-0.05, 0) is 61.2 Å². The minimum absolute atomic E-state index is 0.00996. The van der Waals surface area contributed by atoms with Gasteiger partial charge in [-0.25, -0.2) is 19.6 Å². The van der Waals surface area contributed by atoms with Crippen LogP contribution in [0.3, 0.4) is 0 Å². The van der Waals surface area contributed by atoms with Gasteiger partial charge in [-0.15, -0.1) is 0 Å². The second kappa shape index (κ2) is 11.2. The summed E-state index contributed by atoms with van der Waals surface area (Å²) < 4.78 is 14.1. The Morgan fingerprint density at radius 3 is 2.60 bits per heavy atom. The minimum Gasteiger partial charge on any atom is -0.460 e. The number of nitriles is 1. The van der Waals surface area contributed by atoms with Gasteiger partial charge in [0.15, 0.2) is 0 Å². The molecule has 212 valence electrons. The molecule has 0 spiro atoms. The van der Waals surface area contributed by atoms with Crippen LogP contribution in [0.1, 0.15) is 54.8 Å². The van der Waals surface area contributed by atoms with Crippen LogP contribution in [0.15, 0.2) is 70.1 Å². The maximum Gasteiger partial charge on any atom is 0.376 e. The van der Waals surface area contributed by atoms with E-state index < -0.39 is 5.97 Å². The average molecular weight is 564 g/mol. The molecule has 0 unspecified atom stereocenters. The monoisotopic (exact) mass is 563 g/mol. The Hall–Kier alpha value is -5.37. The highest BCUT2D eigenvalue weighted by Crippen LogP contribution is 2.33. The number of nitrogens with one attached hydrogen (secondary N) is 2. The second-order valence-electron chi connectivity index (χ2n) is 10.2. The Morgan fingerprint density at radius 2 is 1.83 bits per heavy atom. The summed E-state index contributed by atoms with van der Waals surface area (Å²) in [6.07, 6.45) is 7.23. The van der Waals surface area contributed by atoms with Crippen LogP contribution in [0.5, 0.6) is 0 Å². The van der Waals surface area contributed by atoms with E-state index in [1.807, 2.05) is 47.0 Å². The first kappa shape index (κ1) is 26.8. The maximum absolute atomic E-state index is 13.1. The van der Waals surface area contributed by atoms with E-state index in [9.17, 15) is 14.9 Å². The fourth-order valence-electron chi connectivity index (χ4n) is 5.45. The lowest BCUT2D eigenvalue weighted by atomic mass is 10.0. The number of fused-ring (bicyclic) bond motifs is 1. The molecule has 0 radical (unpaired) electrons. The summed E-state index contributed by atoms with van der Waals surface area (Å²) >= 11 is 0. The molecule has 0 bridgehead atoms. The third-order valence-electron chi connectivity index (χ3n) is 7.43. The Balaban J connectivity index is 1.38. The Kier molecular flexibility index (Phi) is 7.19. The molecule has 1 saturated carbocycles. The first-order valence-corrected chi connectivity index (χ1v) is 13.8. The number of aromatic nitrogens is 4. The molecule has 0 atom stereocenters. The van der Waals surface area contributed by atoms with Crippen LogP contribution in [0.2, 0.25) is 0 Å². The normalized spacial score (nSPS) is 13.3. The number of benzene rings is 2. The molecular weight excluding hydrogens is 534 g/mol. The van der Waals surface area contributed by atoms with Crippen LogP contribution in [0.25, 0.3) is 22.2 Å². The molecule has 0 amide bonds. The lowest BCUT2D eigenvalue weighted by Crippen LogP contribution is -2.24. The smallest absolute Gasteiger partial charge is 0.376 e. The van der Waals surface area contributed by atoms with Crippen LogP contribution in [-0.4, -0.2) is 31.7 Å². The van der Waals surface area contributed by atoms with Gasteiger partial charge in [0.05, 0.1) is 41.7 Å². The number of oxazole rings is 1. The summed E-state index contributed by atoms with van der Waals surface area (Å²) in [6.45, 7) is 1.94. The molecule has 11 nitrogen and oxygen atoms in total. The number of hydrogen-bond acceptors (Lipinski definition) is 9. The molecule has 2 N–H and O–H groups in total. The number of hydrogen-bond donors (Lipinski definition) is 2. The predicted octanol–water partition coefficient (Wildman–Crippen LogP) is 6.04. The van der Waals surface area contributed by atoms with Crippen LogP contribution in [0, 0.1) is 11.3 Å². The minimum atomic E-state index is -0.596. The average Bonchev–Trinajstić information content (AvgIpc) is 3.74. The summed E-state index contributed by atoms with van der Waals surface area (Å²) in [7, 11) is 1.78. The van der Waals surface area contributed by atoms with Crippen molar-refractivity contribution in [3.05, 3.63) is 82.7 Å². The van der Waals surface area contributed by atoms with Gasteiger partial charge >= 0.3 is 11.7 Å². The number of imidazole rings is 1. The van der Waals surface area contributed by atoms with Gasteiger partial charge in [0.1, 0.15) is 5.82 Å². The zero-order chi connectivity index (χ0) is 29.2. The molecule has 0 aliphatic heterocycles. The summed E-state index contributed by atoms with van der Waals surface area (Å²) in [5.41, 5.74) is 5.10. The standard InChI is InChI=1S/C31H29N7O4/c1-3-41-29(39)27-18-34-30(42-27)36-23-13-21(20-8-6-7-19(11-20)16-32)12-22(14-23)35-28-15-25-26(17-33-28)37(2)31(40)38(25)24-9-4-5-10-24/h6-8,11-15,17-18,24H,3-5,9-10H2,1-2H3,(H,33,35)(H,34,36). The third kappa shape index (κ3) is 5.22. The molecule has 2 aromatic carbocycles. The van der Waals surface area contributed by atoms with Gasteiger partial charge in [0, 0.05) is 30.5 Å². The highest BCUT2D eigenvalue weighted by atomic mass is 16.5. The summed E-state index contributed by atoms with van der Waals surface area (Å²) in [4.78, 5) is 33.9. The second-order valence-corrected chi connectivity index (χ2v) is 10.2. The Bertz CT molecular complexity index is 1890. The van der Waals surface area contributed by atoms with Crippen LogP contribution in [0.4, 0.5) is 23.2 Å². The summed E-state index contributed by atoms with van der Waals surface area (Å²) in [5.74, 6) is -0.0281. The molecule has 0 saturated heterocycles. The number of aryl methyl sites for hydroxylation is 1. The van der Waals surface area contributed by atoms with Gasteiger partial charge in [0.2, 0.25) is 5.76 Å². The van der Waals surface area contributed by atoms with Crippen molar-refractivity contribution >= 4 is 40.2 Å². The van der Waals surface area contributed by atoms with E-state index in [0.29, 0.717) is 22.8 Å². The number of carbonyl (C=O) groups excluding carboxylic acids is 1. The number of esters is 1. The Morgan fingerprint density at radius 1 is 1.05 bits per heavy atom. The van der Waals surface area contributed by atoms with Crippen molar-refractivity contribution < 1.29 is 13.9 Å². The lowest BCUT2D eigenvalue weighted by molar-refractivity contribution is 0.0491. The number of rotatable bonds is 8.